The Morgan fingerprint density at radius 1 is 1.47 bits per heavy atom. The lowest BCUT2D eigenvalue weighted by atomic mass is 10.1. The fraction of sp³-hybridized carbons (Fsp3) is 0.533. The van der Waals surface area contributed by atoms with Gasteiger partial charge >= 0.3 is 0 Å². The Morgan fingerprint density at radius 3 is 3.00 bits per heavy atom. The van der Waals surface area contributed by atoms with Crippen LogP contribution >= 0.6 is 34.4 Å². The van der Waals surface area contributed by atoms with E-state index in [1.165, 1.54) is 18.4 Å². The summed E-state index contributed by atoms with van der Waals surface area (Å²) in [7, 11) is 0. The lowest BCUT2D eigenvalue weighted by Crippen LogP contribution is -2.39. The molecule has 0 bridgehead atoms. The molecule has 1 aliphatic carbocycles. The van der Waals surface area contributed by atoms with Gasteiger partial charge in [-0.25, -0.2) is 0 Å². The van der Waals surface area contributed by atoms with E-state index in [1.54, 1.807) is 0 Å². The van der Waals surface area contributed by atoms with Crippen molar-refractivity contribution in [2.45, 2.75) is 44.4 Å². The molecule has 1 N–H and O–H groups in total. The van der Waals surface area contributed by atoms with E-state index >= 15 is 0 Å². The molecule has 1 saturated carbocycles. The molecular formula is C15H20INOS. The molecule has 0 heterocycles. The number of aryl methyl sites for hydroxylation is 1. The summed E-state index contributed by atoms with van der Waals surface area (Å²) >= 11 is 4.24. The monoisotopic (exact) mass is 389 g/mol. The van der Waals surface area contributed by atoms with Crippen LogP contribution in [0.2, 0.25) is 0 Å². The van der Waals surface area contributed by atoms with Crippen molar-refractivity contribution in [3.8, 4) is 0 Å². The molecule has 19 heavy (non-hydrogen) atoms. The number of carbonyl (C=O) groups excluding carboxylic acids is 1. The molecule has 0 saturated heterocycles. The van der Waals surface area contributed by atoms with E-state index in [4.69, 9.17) is 0 Å². The van der Waals surface area contributed by atoms with Crippen LogP contribution in [0.3, 0.4) is 0 Å². The maximum Gasteiger partial charge on any atom is 0.252 e. The smallest absolute Gasteiger partial charge is 0.252 e. The number of hydrogen-bond acceptors (Lipinski definition) is 2. The van der Waals surface area contributed by atoms with Crippen LogP contribution < -0.4 is 5.32 Å². The minimum atomic E-state index is 0.0849. The van der Waals surface area contributed by atoms with Gasteiger partial charge in [0.2, 0.25) is 0 Å². The minimum absolute atomic E-state index is 0.0849. The summed E-state index contributed by atoms with van der Waals surface area (Å²) in [6.45, 7) is 4.23. The molecule has 2 atom stereocenters. The zero-order valence-electron chi connectivity index (χ0n) is 11.4. The third-order valence-corrected chi connectivity index (χ3v) is 6.34. The van der Waals surface area contributed by atoms with E-state index < -0.39 is 0 Å². The lowest BCUT2D eigenvalue weighted by molar-refractivity contribution is 0.0937. The molecule has 4 heteroatoms. The molecule has 0 spiro atoms. The number of amides is 1. The van der Waals surface area contributed by atoms with Crippen LogP contribution in [-0.4, -0.2) is 23.0 Å². The van der Waals surface area contributed by atoms with Gasteiger partial charge < -0.3 is 5.32 Å². The molecule has 1 fully saturated rings. The van der Waals surface area contributed by atoms with Gasteiger partial charge in [-0.1, -0.05) is 25.5 Å². The van der Waals surface area contributed by atoms with Gasteiger partial charge in [0.1, 0.15) is 0 Å². The first-order valence-electron chi connectivity index (χ1n) is 6.81. The first-order chi connectivity index (χ1) is 9.13. The van der Waals surface area contributed by atoms with E-state index in [0.29, 0.717) is 11.3 Å². The van der Waals surface area contributed by atoms with Crippen molar-refractivity contribution >= 4 is 40.3 Å². The van der Waals surface area contributed by atoms with Gasteiger partial charge in [-0.05, 0) is 59.7 Å². The van der Waals surface area contributed by atoms with Crippen molar-refractivity contribution in [1.82, 2.24) is 5.32 Å². The van der Waals surface area contributed by atoms with Gasteiger partial charge in [-0.15, -0.1) is 0 Å². The standard InChI is InChI=1S/C15H20INOS/c1-3-19-13-9-5-8-12(13)17-15(18)11-7-4-6-10(2)14(11)16/h4,6-7,12-13H,3,5,8-9H2,1-2H3,(H,17,18). The maximum atomic E-state index is 12.4. The molecule has 2 nitrogen and oxygen atoms in total. The molecule has 1 amide bonds. The quantitative estimate of drug-likeness (QED) is 0.789. The van der Waals surface area contributed by atoms with Gasteiger partial charge in [0.05, 0.1) is 5.56 Å². The lowest BCUT2D eigenvalue weighted by Gasteiger charge is -2.20. The second-order valence-electron chi connectivity index (χ2n) is 4.94. The molecule has 2 rings (SSSR count). The Morgan fingerprint density at radius 2 is 2.26 bits per heavy atom. The predicted octanol–water partition coefficient (Wildman–Crippen LogP) is 4.00. The Bertz CT molecular complexity index is 463. The third kappa shape index (κ3) is 3.66. The zero-order valence-corrected chi connectivity index (χ0v) is 14.4. The minimum Gasteiger partial charge on any atom is -0.348 e. The molecule has 0 aliphatic heterocycles. The van der Waals surface area contributed by atoms with Crippen LogP contribution in [0.25, 0.3) is 0 Å². The van der Waals surface area contributed by atoms with Crippen LogP contribution in [0.4, 0.5) is 0 Å². The van der Waals surface area contributed by atoms with E-state index in [9.17, 15) is 4.79 Å². The Labute approximate surface area is 133 Å². The summed E-state index contributed by atoms with van der Waals surface area (Å²) in [6, 6.07) is 6.26. The second kappa shape index (κ2) is 6.97. The van der Waals surface area contributed by atoms with Crippen molar-refractivity contribution in [1.29, 1.82) is 0 Å². The Kier molecular flexibility index (Phi) is 5.57. The van der Waals surface area contributed by atoms with Crippen LogP contribution in [0.15, 0.2) is 18.2 Å². The van der Waals surface area contributed by atoms with Crippen LogP contribution in [0.5, 0.6) is 0 Å². The van der Waals surface area contributed by atoms with Crippen molar-refractivity contribution in [2.24, 2.45) is 0 Å². The van der Waals surface area contributed by atoms with Crippen LogP contribution in [0, 0.1) is 10.5 Å². The number of carbonyl (C=O) groups is 1. The summed E-state index contributed by atoms with van der Waals surface area (Å²) in [6.07, 6.45) is 3.58. The zero-order chi connectivity index (χ0) is 13.8. The van der Waals surface area contributed by atoms with Crippen LogP contribution in [-0.2, 0) is 0 Å². The van der Waals surface area contributed by atoms with Crippen molar-refractivity contribution < 1.29 is 4.79 Å². The predicted molar refractivity (Wildman–Crippen MR) is 90.9 cm³/mol. The van der Waals surface area contributed by atoms with Gasteiger partial charge in [-0.3, -0.25) is 4.79 Å². The fourth-order valence-corrected chi connectivity index (χ4v) is 4.38. The summed E-state index contributed by atoms with van der Waals surface area (Å²) in [4.78, 5) is 12.4. The SMILES string of the molecule is CCSC1CCCC1NC(=O)c1cccc(C)c1I. The number of halogens is 1. The van der Waals surface area contributed by atoms with Crippen LogP contribution in [0.1, 0.15) is 42.1 Å². The number of benzene rings is 1. The second-order valence-corrected chi connectivity index (χ2v) is 7.54. The Balaban J connectivity index is 2.06. The van der Waals surface area contributed by atoms with Crippen molar-refractivity contribution in [3.05, 3.63) is 32.9 Å². The summed E-state index contributed by atoms with van der Waals surface area (Å²) in [5.41, 5.74) is 1.98. The Hall–Kier alpha value is -0.230. The number of nitrogens with one attached hydrogen (secondary N) is 1. The third-order valence-electron chi connectivity index (χ3n) is 3.59. The average molecular weight is 389 g/mol. The van der Waals surface area contributed by atoms with E-state index in [0.717, 1.165) is 21.3 Å². The average Bonchev–Trinajstić information content (AvgIpc) is 2.80. The highest BCUT2D eigenvalue weighted by Crippen LogP contribution is 2.30. The largest absolute Gasteiger partial charge is 0.348 e. The topological polar surface area (TPSA) is 29.1 Å². The first-order valence-corrected chi connectivity index (χ1v) is 8.93. The van der Waals surface area contributed by atoms with Gasteiger partial charge in [0, 0.05) is 14.9 Å². The van der Waals surface area contributed by atoms with E-state index in [2.05, 4.69) is 34.8 Å². The van der Waals surface area contributed by atoms with Crippen molar-refractivity contribution in [2.75, 3.05) is 5.75 Å². The molecular weight excluding hydrogens is 369 g/mol. The molecule has 1 aliphatic rings. The van der Waals surface area contributed by atoms with Gasteiger partial charge in [0.15, 0.2) is 0 Å². The molecule has 104 valence electrons. The van der Waals surface area contributed by atoms with Crippen molar-refractivity contribution in [3.63, 3.8) is 0 Å². The first kappa shape index (κ1) is 15.2. The number of rotatable bonds is 4. The maximum absolute atomic E-state index is 12.4. The molecule has 1 aromatic rings. The summed E-state index contributed by atoms with van der Waals surface area (Å²) in [5, 5.41) is 3.83. The fourth-order valence-electron chi connectivity index (χ4n) is 2.57. The van der Waals surface area contributed by atoms with Gasteiger partial charge in [0.25, 0.3) is 5.91 Å². The molecule has 2 unspecified atom stereocenters. The molecule has 0 aromatic heterocycles. The van der Waals surface area contributed by atoms with Gasteiger partial charge in [-0.2, -0.15) is 11.8 Å². The molecule has 0 radical (unpaired) electrons. The molecule has 1 aromatic carbocycles. The highest BCUT2D eigenvalue weighted by molar-refractivity contribution is 14.1. The summed E-state index contributed by atoms with van der Waals surface area (Å²) in [5.74, 6) is 1.21. The summed E-state index contributed by atoms with van der Waals surface area (Å²) < 4.78 is 1.07. The normalized spacial score (nSPS) is 22.5. The highest BCUT2D eigenvalue weighted by atomic mass is 127. The number of hydrogen-bond donors (Lipinski definition) is 1. The number of thioether (sulfide) groups is 1. The highest BCUT2D eigenvalue weighted by Gasteiger charge is 2.29. The van der Waals surface area contributed by atoms with E-state index in [1.807, 2.05) is 36.9 Å². The van der Waals surface area contributed by atoms with E-state index in [-0.39, 0.29) is 5.91 Å².